The first-order chi connectivity index (χ1) is 6.65. The second-order valence-electron chi connectivity index (χ2n) is 3.59. The van der Waals surface area contributed by atoms with Crippen LogP contribution in [0.15, 0.2) is 12.5 Å². The molecule has 0 fully saturated rings. The van der Waals surface area contributed by atoms with E-state index in [-0.39, 0.29) is 12.0 Å². The topological polar surface area (TPSA) is 61.0 Å². The lowest BCUT2D eigenvalue weighted by Gasteiger charge is -2.15. The van der Waals surface area contributed by atoms with Crippen LogP contribution in [0.2, 0.25) is 0 Å². The zero-order chi connectivity index (χ0) is 10.6. The SMILES string of the molecule is CC(C)Oc1ncncc1C(C)CN. The smallest absolute Gasteiger partial charge is 0.220 e. The summed E-state index contributed by atoms with van der Waals surface area (Å²) in [6.07, 6.45) is 3.38. The number of nitrogens with zero attached hydrogens (tertiary/aromatic N) is 2. The number of hydrogen-bond donors (Lipinski definition) is 1. The molecule has 1 unspecified atom stereocenters. The van der Waals surface area contributed by atoms with Crippen LogP contribution in [0.1, 0.15) is 32.3 Å². The zero-order valence-electron chi connectivity index (χ0n) is 8.90. The normalized spacial score (nSPS) is 12.9. The van der Waals surface area contributed by atoms with Gasteiger partial charge in [0.05, 0.1) is 6.10 Å². The van der Waals surface area contributed by atoms with E-state index < -0.39 is 0 Å². The molecule has 2 N–H and O–H groups in total. The van der Waals surface area contributed by atoms with Crippen molar-refractivity contribution in [2.45, 2.75) is 32.8 Å². The van der Waals surface area contributed by atoms with Crippen molar-refractivity contribution in [1.82, 2.24) is 9.97 Å². The molecule has 0 aliphatic rings. The Morgan fingerprint density at radius 2 is 2.14 bits per heavy atom. The lowest BCUT2D eigenvalue weighted by atomic mass is 10.1. The van der Waals surface area contributed by atoms with Gasteiger partial charge in [-0.05, 0) is 20.4 Å². The van der Waals surface area contributed by atoms with E-state index in [1.54, 1.807) is 6.20 Å². The van der Waals surface area contributed by atoms with E-state index in [9.17, 15) is 0 Å². The van der Waals surface area contributed by atoms with E-state index in [4.69, 9.17) is 10.5 Å². The highest BCUT2D eigenvalue weighted by Crippen LogP contribution is 2.22. The van der Waals surface area contributed by atoms with Gasteiger partial charge in [0.25, 0.3) is 0 Å². The minimum Gasteiger partial charge on any atom is -0.475 e. The summed E-state index contributed by atoms with van der Waals surface area (Å²) in [5, 5.41) is 0. The molecular weight excluding hydrogens is 178 g/mol. The van der Waals surface area contributed by atoms with E-state index in [1.807, 2.05) is 20.8 Å². The highest BCUT2D eigenvalue weighted by atomic mass is 16.5. The Labute approximate surface area is 84.5 Å². The van der Waals surface area contributed by atoms with Gasteiger partial charge in [0.2, 0.25) is 5.88 Å². The van der Waals surface area contributed by atoms with Gasteiger partial charge in [0, 0.05) is 17.7 Å². The van der Waals surface area contributed by atoms with Crippen molar-refractivity contribution < 1.29 is 4.74 Å². The van der Waals surface area contributed by atoms with Gasteiger partial charge in [-0.15, -0.1) is 0 Å². The molecule has 1 heterocycles. The predicted molar refractivity (Wildman–Crippen MR) is 55.3 cm³/mol. The molecule has 78 valence electrons. The lowest BCUT2D eigenvalue weighted by molar-refractivity contribution is 0.228. The summed E-state index contributed by atoms with van der Waals surface area (Å²) >= 11 is 0. The molecule has 0 saturated heterocycles. The summed E-state index contributed by atoms with van der Waals surface area (Å²) in [4.78, 5) is 8.07. The summed E-state index contributed by atoms with van der Waals surface area (Å²) in [5.41, 5.74) is 6.57. The third-order valence-corrected chi connectivity index (χ3v) is 1.93. The first-order valence-corrected chi connectivity index (χ1v) is 4.81. The van der Waals surface area contributed by atoms with Gasteiger partial charge in [-0.1, -0.05) is 6.92 Å². The summed E-state index contributed by atoms with van der Waals surface area (Å²) < 4.78 is 5.56. The van der Waals surface area contributed by atoms with Gasteiger partial charge in [-0.25, -0.2) is 9.97 Å². The van der Waals surface area contributed by atoms with Crippen molar-refractivity contribution in [1.29, 1.82) is 0 Å². The molecule has 0 aliphatic heterocycles. The van der Waals surface area contributed by atoms with Gasteiger partial charge in [0.15, 0.2) is 0 Å². The molecule has 1 atom stereocenters. The van der Waals surface area contributed by atoms with Gasteiger partial charge in [0.1, 0.15) is 6.33 Å². The molecule has 0 bridgehead atoms. The van der Waals surface area contributed by atoms with Crippen LogP contribution in [0, 0.1) is 0 Å². The summed E-state index contributed by atoms with van der Waals surface area (Å²) in [5.74, 6) is 0.873. The Bertz CT molecular complexity index is 288. The molecule has 0 radical (unpaired) electrons. The van der Waals surface area contributed by atoms with E-state index in [0.717, 1.165) is 5.56 Å². The Hall–Kier alpha value is -1.16. The molecule has 14 heavy (non-hydrogen) atoms. The third-order valence-electron chi connectivity index (χ3n) is 1.93. The lowest BCUT2D eigenvalue weighted by Crippen LogP contribution is -2.14. The average molecular weight is 195 g/mol. The van der Waals surface area contributed by atoms with Crippen LogP contribution >= 0.6 is 0 Å². The van der Waals surface area contributed by atoms with Crippen molar-refractivity contribution in [2.75, 3.05) is 6.54 Å². The Morgan fingerprint density at radius 1 is 1.43 bits per heavy atom. The molecule has 0 aromatic carbocycles. The molecule has 1 rings (SSSR count). The maximum Gasteiger partial charge on any atom is 0.220 e. The van der Waals surface area contributed by atoms with Crippen molar-refractivity contribution in [3.05, 3.63) is 18.1 Å². The predicted octanol–water partition coefficient (Wildman–Crippen LogP) is 1.33. The molecule has 4 heteroatoms. The van der Waals surface area contributed by atoms with Crippen molar-refractivity contribution in [3.8, 4) is 5.88 Å². The molecular formula is C10H17N3O. The zero-order valence-corrected chi connectivity index (χ0v) is 8.90. The van der Waals surface area contributed by atoms with Crippen molar-refractivity contribution in [2.24, 2.45) is 5.73 Å². The van der Waals surface area contributed by atoms with E-state index in [1.165, 1.54) is 6.33 Å². The largest absolute Gasteiger partial charge is 0.475 e. The molecule has 0 amide bonds. The third kappa shape index (κ3) is 2.67. The van der Waals surface area contributed by atoms with E-state index >= 15 is 0 Å². The van der Waals surface area contributed by atoms with Gasteiger partial charge in [-0.2, -0.15) is 0 Å². The number of aromatic nitrogens is 2. The second kappa shape index (κ2) is 4.91. The van der Waals surface area contributed by atoms with Gasteiger partial charge >= 0.3 is 0 Å². The van der Waals surface area contributed by atoms with Crippen molar-refractivity contribution >= 4 is 0 Å². The standard InChI is InChI=1S/C10H17N3O/c1-7(2)14-10-9(8(3)4-11)5-12-6-13-10/h5-8H,4,11H2,1-3H3. The van der Waals surface area contributed by atoms with Crippen LogP contribution in [-0.4, -0.2) is 22.6 Å². The maximum atomic E-state index is 5.59. The monoisotopic (exact) mass is 195 g/mol. The fraction of sp³-hybridized carbons (Fsp3) is 0.600. The highest BCUT2D eigenvalue weighted by Gasteiger charge is 2.12. The van der Waals surface area contributed by atoms with Crippen molar-refractivity contribution in [3.63, 3.8) is 0 Å². The first kappa shape index (κ1) is 10.9. The molecule has 4 nitrogen and oxygen atoms in total. The van der Waals surface area contributed by atoms with Crippen LogP contribution in [0.25, 0.3) is 0 Å². The summed E-state index contributed by atoms with van der Waals surface area (Å²) in [6.45, 7) is 6.55. The van der Waals surface area contributed by atoms with Gasteiger partial charge in [-0.3, -0.25) is 0 Å². The number of ether oxygens (including phenoxy) is 1. The molecule has 0 aliphatic carbocycles. The molecule has 1 aromatic heterocycles. The van der Waals surface area contributed by atoms with Crippen LogP contribution in [-0.2, 0) is 0 Å². The van der Waals surface area contributed by atoms with Crippen LogP contribution < -0.4 is 10.5 Å². The average Bonchev–Trinajstić information content (AvgIpc) is 2.16. The number of nitrogens with two attached hydrogens (primary N) is 1. The Kier molecular flexibility index (Phi) is 3.83. The van der Waals surface area contributed by atoms with E-state index in [0.29, 0.717) is 12.4 Å². The van der Waals surface area contributed by atoms with E-state index in [2.05, 4.69) is 9.97 Å². The molecule has 1 aromatic rings. The fourth-order valence-corrected chi connectivity index (χ4v) is 1.12. The van der Waals surface area contributed by atoms with Crippen LogP contribution in [0.5, 0.6) is 5.88 Å². The molecule has 0 saturated carbocycles. The second-order valence-corrected chi connectivity index (χ2v) is 3.59. The highest BCUT2D eigenvalue weighted by molar-refractivity contribution is 5.26. The maximum absolute atomic E-state index is 5.59. The Morgan fingerprint density at radius 3 is 2.71 bits per heavy atom. The fourth-order valence-electron chi connectivity index (χ4n) is 1.12. The van der Waals surface area contributed by atoms with Crippen LogP contribution in [0.4, 0.5) is 0 Å². The first-order valence-electron chi connectivity index (χ1n) is 4.81. The van der Waals surface area contributed by atoms with Crippen LogP contribution in [0.3, 0.4) is 0 Å². The minimum atomic E-state index is 0.119. The quantitative estimate of drug-likeness (QED) is 0.787. The van der Waals surface area contributed by atoms with Gasteiger partial charge < -0.3 is 10.5 Å². The molecule has 0 spiro atoms. The Balaban J connectivity index is 2.91. The summed E-state index contributed by atoms with van der Waals surface area (Å²) in [6, 6.07) is 0. The summed E-state index contributed by atoms with van der Waals surface area (Å²) in [7, 11) is 0. The number of rotatable bonds is 4. The minimum absolute atomic E-state index is 0.119. The number of hydrogen-bond acceptors (Lipinski definition) is 4.